The largest absolute Gasteiger partial charge is 0.481 e. The van der Waals surface area contributed by atoms with Crippen molar-refractivity contribution in [3.8, 4) is 5.75 Å². The highest BCUT2D eigenvalue weighted by atomic mass is 19.3. The van der Waals surface area contributed by atoms with Crippen LogP contribution in [-0.2, 0) is 11.3 Å². The minimum atomic E-state index is -2.84. The van der Waals surface area contributed by atoms with E-state index >= 15 is 0 Å². The fraction of sp³-hybridized carbons (Fsp3) is 0.500. The Balaban J connectivity index is 2.41. The maximum atomic E-state index is 12.1. The number of carbonyl (C=O) groups is 1. The standard InChI is InChI=1S/C14H19F2NO3/c1-14(2,12(18)19)6-7-17-9-10-4-3-5-11(8-10)20-13(15)16/h3-5,8,13,17H,6-7,9H2,1-2H3,(H,18,19). The predicted octanol–water partition coefficient (Wildman–Crippen LogP) is 2.88. The number of rotatable bonds is 8. The fourth-order valence-electron chi connectivity index (χ4n) is 1.57. The Morgan fingerprint density at radius 1 is 1.45 bits per heavy atom. The van der Waals surface area contributed by atoms with Gasteiger partial charge in [0.05, 0.1) is 5.41 Å². The second-order valence-electron chi connectivity index (χ2n) is 5.14. The van der Waals surface area contributed by atoms with Crippen molar-refractivity contribution < 1.29 is 23.4 Å². The van der Waals surface area contributed by atoms with Crippen molar-refractivity contribution >= 4 is 5.97 Å². The molecule has 0 atom stereocenters. The lowest BCUT2D eigenvalue weighted by atomic mass is 9.90. The Morgan fingerprint density at radius 3 is 2.75 bits per heavy atom. The number of alkyl halides is 2. The van der Waals surface area contributed by atoms with E-state index in [9.17, 15) is 13.6 Å². The molecule has 0 amide bonds. The third-order valence-electron chi connectivity index (χ3n) is 2.96. The number of benzene rings is 1. The van der Waals surface area contributed by atoms with Crippen molar-refractivity contribution in [2.75, 3.05) is 6.54 Å². The summed E-state index contributed by atoms with van der Waals surface area (Å²) in [6, 6.07) is 6.41. The maximum Gasteiger partial charge on any atom is 0.387 e. The molecule has 1 aromatic rings. The zero-order chi connectivity index (χ0) is 15.2. The highest BCUT2D eigenvalue weighted by molar-refractivity contribution is 5.73. The summed E-state index contributed by atoms with van der Waals surface area (Å²) < 4.78 is 28.5. The van der Waals surface area contributed by atoms with Gasteiger partial charge in [-0.15, -0.1) is 0 Å². The molecule has 1 rings (SSSR count). The number of hydrogen-bond donors (Lipinski definition) is 2. The van der Waals surface area contributed by atoms with E-state index in [-0.39, 0.29) is 5.75 Å². The quantitative estimate of drug-likeness (QED) is 0.722. The molecule has 0 saturated carbocycles. The minimum absolute atomic E-state index is 0.116. The summed E-state index contributed by atoms with van der Waals surface area (Å²) >= 11 is 0. The van der Waals surface area contributed by atoms with Crippen LogP contribution in [0.3, 0.4) is 0 Å². The third kappa shape index (κ3) is 5.52. The minimum Gasteiger partial charge on any atom is -0.481 e. The van der Waals surface area contributed by atoms with Crippen LogP contribution in [0.1, 0.15) is 25.8 Å². The van der Waals surface area contributed by atoms with Crippen LogP contribution in [0.15, 0.2) is 24.3 Å². The fourth-order valence-corrected chi connectivity index (χ4v) is 1.57. The molecule has 0 fully saturated rings. The van der Waals surface area contributed by atoms with Gasteiger partial charge in [0.25, 0.3) is 0 Å². The molecule has 0 unspecified atom stereocenters. The highest BCUT2D eigenvalue weighted by Crippen LogP contribution is 2.19. The van der Waals surface area contributed by atoms with Crippen molar-refractivity contribution in [2.24, 2.45) is 5.41 Å². The van der Waals surface area contributed by atoms with E-state index in [0.29, 0.717) is 19.5 Å². The Morgan fingerprint density at radius 2 is 2.15 bits per heavy atom. The summed E-state index contributed by atoms with van der Waals surface area (Å²) in [6.07, 6.45) is 0.482. The summed E-state index contributed by atoms with van der Waals surface area (Å²) in [5, 5.41) is 12.0. The smallest absolute Gasteiger partial charge is 0.387 e. The summed E-state index contributed by atoms with van der Waals surface area (Å²) in [5.74, 6) is -0.725. The van der Waals surface area contributed by atoms with E-state index < -0.39 is 18.0 Å². The SMILES string of the molecule is CC(C)(CCNCc1cccc(OC(F)F)c1)C(=O)O. The zero-order valence-electron chi connectivity index (χ0n) is 11.5. The van der Waals surface area contributed by atoms with Crippen molar-refractivity contribution in [2.45, 2.75) is 33.4 Å². The number of ether oxygens (including phenoxy) is 1. The molecule has 0 heterocycles. The molecule has 0 aliphatic carbocycles. The molecule has 0 aliphatic heterocycles. The lowest BCUT2D eigenvalue weighted by Gasteiger charge is -2.19. The molecule has 1 aromatic carbocycles. The Hall–Kier alpha value is -1.69. The molecule has 0 aliphatic rings. The number of halogens is 2. The lowest BCUT2D eigenvalue weighted by molar-refractivity contribution is -0.147. The number of nitrogens with one attached hydrogen (secondary N) is 1. The van der Waals surface area contributed by atoms with Gasteiger partial charge in [-0.2, -0.15) is 8.78 Å². The van der Waals surface area contributed by atoms with E-state index in [4.69, 9.17) is 5.11 Å². The van der Waals surface area contributed by atoms with Gasteiger partial charge in [-0.3, -0.25) is 4.79 Å². The number of carboxylic acids is 1. The van der Waals surface area contributed by atoms with Crippen molar-refractivity contribution in [1.82, 2.24) is 5.32 Å². The van der Waals surface area contributed by atoms with Crippen LogP contribution in [0.2, 0.25) is 0 Å². The summed E-state index contributed by atoms with van der Waals surface area (Å²) in [4.78, 5) is 10.9. The van der Waals surface area contributed by atoms with Gasteiger partial charge in [0, 0.05) is 6.54 Å². The first-order chi connectivity index (χ1) is 9.31. The van der Waals surface area contributed by atoms with Gasteiger partial charge in [-0.25, -0.2) is 0 Å². The maximum absolute atomic E-state index is 12.1. The second kappa shape index (κ2) is 7.19. The van der Waals surface area contributed by atoms with Gasteiger partial charge in [0.2, 0.25) is 0 Å². The van der Waals surface area contributed by atoms with E-state index in [0.717, 1.165) is 5.56 Å². The second-order valence-corrected chi connectivity index (χ2v) is 5.14. The normalized spacial score (nSPS) is 11.7. The average molecular weight is 287 g/mol. The van der Waals surface area contributed by atoms with Crippen molar-refractivity contribution in [3.05, 3.63) is 29.8 Å². The van der Waals surface area contributed by atoms with Crippen LogP contribution >= 0.6 is 0 Å². The molecule has 112 valence electrons. The van der Waals surface area contributed by atoms with Gasteiger partial charge in [0.1, 0.15) is 5.75 Å². The third-order valence-corrected chi connectivity index (χ3v) is 2.96. The van der Waals surface area contributed by atoms with Gasteiger partial charge < -0.3 is 15.2 Å². The number of aliphatic carboxylic acids is 1. The van der Waals surface area contributed by atoms with Gasteiger partial charge in [-0.1, -0.05) is 12.1 Å². The number of hydrogen-bond acceptors (Lipinski definition) is 3. The van der Waals surface area contributed by atoms with Gasteiger partial charge in [-0.05, 0) is 44.5 Å². The summed E-state index contributed by atoms with van der Waals surface area (Å²) in [7, 11) is 0. The van der Waals surface area contributed by atoms with Gasteiger partial charge in [0.15, 0.2) is 0 Å². The van der Waals surface area contributed by atoms with Crippen molar-refractivity contribution in [3.63, 3.8) is 0 Å². The van der Waals surface area contributed by atoms with Crippen LogP contribution in [0.25, 0.3) is 0 Å². The molecular weight excluding hydrogens is 268 g/mol. The molecule has 0 spiro atoms. The van der Waals surface area contributed by atoms with Crippen LogP contribution in [0, 0.1) is 5.41 Å². The monoisotopic (exact) mass is 287 g/mol. The van der Waals surface area contributed by atoms with E-state index in [1.54, 1.807) is 26.0 Å². The Bertz CT molecular complexity index is 450. The average Bonchev–Trinajstić information content (AvgIpc) is 2.34. The molecule has 2 N–H and O–H groups in total. The molecule has 0 aromatic heterocycles. The van der Waals surface area contributed by atoms with Crippen LogP contribution < -0.4 is 10.1 Å². The Kier molecular flexibility index (Phi) is 5.88. The predicted molar refractivity (Wildman–Crippen MR) is 70.8 cm³/mol. The van der Waals surface area contributed by atoms with E-state index in [1.165, 1.54) is 12.1 Å². The molecule has 20 heavy (non-hydrogen) atoms. The molecular formula is C14H19F2NO3. The topological polar surface area (TPSA) is 58.6 Å². The molecule has 6 heteroatoms. The van der Waals surface area contributed by atoms with Crippen LogP contribution in [0.4, 0.5) is 8.78 Å². The first-order valence-electron chi connectivity index (χ1n) is 6.29. The van der Waals surface area contributed by atoms with Gasteiger partial charge >= 0.3 is 12.6 Å². The van der Waals surface area contributed by atoms with Crippen LogP contribution in [-0.4, -0.2) is 24.2 Å². The van der Waals surface area contributed by atoms with E-state index in [2.05, 4.69) is 10.1 Å². The highest BCUT2D eigenvalue weighted by Gasteiger charge is 2.25. The lowest BCUT2D eigenvalue weighted by Crippen LogP contribution is -2.28. The van der Waals surface area contributed by atoms with Crippen molar-refractivity contribution in [1.29, 1.82) is 0 Å². The molecule has 0 saturated heterocycles. The first-order valence-corrected chi connectivity index (χ1v) is 6.29. The first kappa shape index (κ1) is 16.4. The molecule has 4 nitrogen and oxygen atoms in total. The molecule has 0 bridgehead atoms. The molecule has 0 radical (unpaired) electrons. The van der Waals surface area contributed by atoms with E-state index in [1.807, 2.05) is 0 Å². The summed E-state index contributed by atoms with van der Waals surface area (Å²) in [5.41, 5.74) is 0.0180. The Labute approximate surface area is 116 Å². The summed E-state index contributed by atoms with van der Waals surface area (Å²) in [6.45, 7) is 1.48. The zero-order valence-corrected chi connectivity index (χ0v) is 11.5. The number of carboxylic acid groups (broad SMARTS) is 1. The van der Waals surface area contributed by atoms with Crippen LogP contribution in [0.5, 0.6) is 5.75 Å².